The molecule has 0 bridgehead atoms. The zero-order chi connectivity index (χ0) is 8.27. The van der Waals surface area contributed by atoms with E-state index in [2.05, 4.69) is 10.4 Å². The molecule has 5 heteroatoms. The summed E-state index contributed by atoms with van der Waals surface area (Å²) >= 11 is 0. The second-order valence-electron chi connectivity index (χ2n) is 1.88. The number of aromatic carboxylic acids is 1. The van der Waals surface area contributed by atoms with Crippen LogP contribution in [0.5, 0.6) is 0 Å². The van der Waals surface area contributed by atoms with Gasteiger partial charge in [-0.2, -0.15) is 0 Å². The van der Waals surface area contributed by atoms with E-state index in [4.69, 9.17) is 10.9 Å². The van der Waals surface area contributed by atoms with Crippen LogP contribution >= 0.6 is 0 Å². The number of nitrogens with one attached hydrogen (secondary N) is 1. The maximum Gasteiger partial charge on any atom is 0.354 e. The van der Waals surface area contributed by atoms with Crippen molar-refractivity contribution in [3.05, 3.63) is 24.0 Å². The largest absolute Gasteiger partial charge is 0.477 e. The van der Waals surface area contributed by atoms with Gasteiger partial charge in [-0.3, -0.25) is 5.84 Å². The van der Waals surface area contributed by atoms with Crippen LogP contribution < -0.4 is 11.3 Å². The van der Waals surface area contributed by atoms with Crippen molar-refractivity contribution < 1.29 is 9.90 Å². The first-order valence-corrected chi connectivity index (χ1v) is 2.90. The van der Waals surface area contributed by atoms with Gasteiger partial charge in [0.2, 0.25) is 0 Å². The number of carbonyl (C=O) groups is 1. The summed E-state index contributed by atoms with van der Waals surface area (Å²) in [7, 11) is 0. The number of nitrogens with zero attached hydrogens (tertiary/aromatic N) is 1. The van der Waals surface area contributed by atoms with Crippen molar-refractivity contribution >= 4 is 11.7 Å². The summed E-state index contributed by atoms with van der Waals surface area (Å²) in [6, 6.07) is 2.91. The van der Waals surface area contributed by atoms with Crippen LogP contribution in [0.25, 0.3) is 0 Å². The minimum Gasteiger partial charge on any atom is -0.477 e. The molecule has 1 heterocycles. The van der Waals surface area contributed by atoms with Crippen LogP contribution in [0.1, 0.15) is 10.5 Å². The zero-order valence-electron chi connectivity index (χ0n) is 5.61. The fourth-order valence-electron chi connectivity index (χ4n) is 0.606. The molecule has 1 aromatic heterocycles. The number of nitrogens with two attached hydrogens (primary N) is 1. The maximum absolute atomic E-state index is 10.3. The molecule has 0 atom stereocenters. The molecule has 11 heavy (non-hydrogen) atoms. The summed E-state index contributed by atoms with van der Waals surface area (Å²) in [5.74, 6) is 3.99. The van der Waals surface area contributed by atoms with Crippen LogP contribution in [-0.4, -0.2) is 16.1 Å². The highest BCUT2D eigenvalue weighted by Gasteiger charge is 2.01. The molecule has 5 nitrogen and oxygen atoms in total. The number of hydrazine groups is 1. The summed E-state index contributed by atoms with van der Waals surface area (Å²) in [6.45, 7) is 0. The van der Waals surface area contributed by atoms with Gasteiger partial charge in [-0.05, 0) is 12.1 Å². The van der Waals surface area contributed by atoms with E-state index < -0.39 is 5.97 Å². The molecule has 4 N–H and O–H groups in total. The highest BCUT2D eigenvalue weighted by Crippen LogP contribution is 2.03. The Morgan fingerprint density at radius 3 is 2.73 bits per heavy atom. The van der Waals surface area contributed by atoms with Crippen molar-refractivity contribution in [2.24, 2.45) is 5.84 Å². The molecule has 0 unspecified atom stereocenters. The lowest BCUT2D eigenvalue weighted by atomic mass is 10.3. The van der Waals surface area contributed by atoms with Crippen LogP contribution in [0.4, 0.5) is 5.69 Å². The van der Waals surface area contributed by atoms with Crippen molar-refractivity contribution in [3.8, 4) is 0 Å². The lowest BCUT2D eigenvalue weighted by molar-refractivity contribution is 0.0690. The maximum atomic E-state index is 10.3. The molecule has 0 spiro atoms. The Morgan fingerprint density at radius 1 is 1.64 bits per heavy atom. The third-order valence-electron chi connectivity index (χ3n) is 1.15. The molecule has 0 aromatic carbocycles. The van der Waals surface area contributed by atoms with E-state index in [9.17, 15) is 4.79 Å². The summed E-state index contributed by atoms with van der Waals surface area (Å²) in [5.41, 5.74) is 2.92. The first-order valence-electron chi connectivity index (χ1n) is 2.90. The highest BCUT2D eigenvalue weighted by atomic mass is 16.4. The monoisotopic (exact) mass is 153 g/mol. The van der Waals surface area contributed by atoms with E-state index in [0.29, 0.717) is 5.69 Å². The van der Waals surface area contributed by atoms with Gasteiger partial charge in [0.05, 0.1) is 11.9 Å². The molecule has 0 saturated carbocycles. The smallest absolute Gasteiger partial charge is 0.354 e. The Hall–Kier alpha value is -1.62. The second kappa shape index (κ2) is 2.98. The third-order valence-corrected chi connectivity index (χ3v) is 1.15. The van der Waals surface area contributed by atoms with Gasteiger partial charge in [0.15, 0.2) is 0 Å². The van der Waals surface area contributed by atoms with Crippen LogP contribution in [0.3, 0.4) is 0 Å². The summed E-state index contributed by atoms with van der Waals surface area (Å²) in [6.07, 6.45) is 1.35. The van der Waals surface area contributed by atoms with Crippen molar-refractivity contribution in [3.63, 3.8) is 0 Å². The molecule has 0 saturated heterocycles. The number of aromatic nitrogens is 1. The number of anilines is 1. The average Bonchev–Trinajstić information content (AvgIpc) is 2.05. The van der Waals surface area contributed by atoms with E-state index in [1.165, 1.54) is 18.3 Å². The lowest BCUT2D eigenvalue weighted by Gasteiger charge is -1.97. The second-order valence-corrected chi connectivity index (χ2v) is 1.88. The van der Waals surface area contributed by atoms with Gasteiger partial charge in [0.1, 0.15) is 5.69 Å². The Balaban J connectivity index is 2.91. The van der Waals surface area contributed by atoms with Gasteiger partial charge in [-0.1, -0.05) is 0 Å². The standard InChI is InChI=1S/C6H7N3O2/c7-9-4-1-2-5(6(10)11)8-3-4/h1-3,9H,7H2,(H,10,11). The molecule has 0 radical (unpaired) electrons. The Labute approximate surface area is 62.8 Å². The molecule has 0 fully saturated rings. The number of pyridine rings is 1. The Kier molecular flexibility index (Phi) is 2.03. The van der Waals surface area contributed by atoms with Crippen molar-refractivity contribution in [1.29, 1.82) is 0 Å². The van der Waals surface area contributed by atoms with E-state index in [-0.39, 0.29) is 5.69 Å². The number of rotatable bonds is 2. The summed E-state index contributed by atoms with van der Waals surface area (Å²) in [4.78, 5) is 13.9. The van der Waals surface area contributed by atoms with Crippen LogP contribution in [-0.2, 0) is 0 Å². The first kappa shape index (κ1) is 7.49. The number of hydrogen-bond donors (Lipinski definition) is 3. The lowest BCUT2D eigenvalue weighted by Crippen LogP contribution is -2.08. The fraction of sp³-hybridized carbons (Fsp3) is 0. The number of carboxylic acids is 1. The van der Waals surface area contributed by atoms with Crippen LogP contribution in [0, 0.1) is 0 Å². The SMILES string of the molecule is NNc1ccc(C(=O)O)nc1. The molecule has 0 amide bonds. The minimum absolute atomic E-state index is 0.00370. The quantitative estimate of drug-likeness (QED) is 0.413. The van der Waals surface area contributed by atoms with Gasteiger partial charge in [-0.15, -0.1) is 0 Å². The molecule has 1 rings (SSSR count). The Bertz CT molecular complexity index is 257. The van der Waals surface area contributed by atoms with Gasteiger partial charge >= 0.3 is 5.97 Å². The Morgan fingerprint density at radius 2 is 2.36 bits per heavy atom. The van der Waals surface area contributed by atoms with E-state index in [1.807, 2.05) is 0 Å². The molecule has 1 aromatic rings. The van der Waals surface area contributed by atoms with Crippen molar-refractivity contribution in [2.75, 3.05) is 5.43 Å². The molecular weight excluding hydrogens is 146 g/mol. The van der Waals surface area contributed by atoms with E-state index >= 15 is 0 Å². The number of nitrogen functional groups attached to an aromatic ring is 1. The topological polar surface area (TPSA) is 88.2 Å². The minimum atomic E-state index is -1.05. The third kappa shape index (κ3) is 1.65. The highest BCUT2D eigenvalue weighted by molar-refractivity contribution is 5.85. The number of carboxylic acid groups (broad SMARTS) is 1. The van der Waals surface area contributed by atoms with Crippen LogP contribution in [0.2, 0.25) is 0 Å². The fourth-order valence-corrected chi connectivity index (χ4v) is 0.606. The van der Waals surface area contributed by atoms with Crippen molar-refractivity contribution in [1.82, 2.24) is 4.98 Å². The van der Waals surface area contributed by atoms with Gasteiger partial charge in [0.25, 0.3) is 0 Å². The van der Waals surface area contributed by atoms with Gasteiger partial charge in [0, 0.05) is 0 Å². The predicted octanol–water partition coefficient (Wildman–Crippen LogP) is 0.0654. The molecule has 0 aliphatic heterocycles. The van der Waals surface area contributed by atoms with Crippen molar-refractivity contribution in [2.45, 2.75) is 0 Å². The van der Waals surface area contributed by atoms with Gasteiger partial charge in [-0.25, -0.2) is 9.78 Å². The van der Waals surface area contributed by atoms with Crippen LogP contribution in [0.15, 0.2) is 18.3 Å². The summed E-state index contributed by atoms with van der Waals surface area (Å²) < 4.78 is 0. The average molecular weight is 153 g/mol. The molecular formula is C6H7N3O2. The molecule has 0 aliphatic rings. The normalized spacial score (nSPS) is 9.18. The molecule has 0 aliphatic carbocycles. The van der Waals surface area contributed by atoms with E-state index in [1.54, 1.807) is 0 Å². The summed E-state index contributed by atoms with van der Waals surface area (Å²) in [5, 5.41) is 8.43. The first-order chi connectivity index (χ1) is 5.24. The van der Waals surface area contributed by atoms with Gasteiger partial charge < -0.3 is 10.5 Å². The number of hydrogen-bond acceptors (Lipinski definition) is 4. The molecule has 58 valence electrons. The van der Waals surface area contributed by atoms with E-state index in [0.717, 1.165) is 0 Å². The zero-order valence-corrected chi connectivity index (χ0v) is 5.61. The predicted molar refractivity (Wildman–Crippen MR) is 39.0 cm³/mol.